The highest BCUT2D eigenvalue weighted by Crippen LogP contribution is 2.27. The van der Waals surface area contributed by atoms with Crippen LogP contribution in [0.4, 0.5) is 5.95 Å². The smallest absolute Gasteiger partial charge is 0.293 e. The molecule has 0 atom stereocenters. The zero-order valence-electron chi connectivity index (χ0n) is 9.90. The molecule has 0 bridgehead atoms. The number of benzene rings is 1. The number of hydrogen-bond acceptors (Lipinski definition) is 4. The van der Waals surface area contributed by atoms with E-state index in [1.807, 2.05) is 18.2 Å². The van der Waals surface area contributed by atoms with E-state index in [9.17, 15) is 4.79 Å². The van der Waals surface area contributed by atoms with E-state index < -0.39 is 0 Å². The van der Waals surface area contributed by atoms with Crippen LogP contribution in [0.2, 0.25) is 0 Å². The number of furan rings is 1. The molecule has 0 aliphatic rings. The molecule has 2 aromatic heterocycles. The molecular weight excluding hydrogens is 312 g/mol. The summed E-state index contributed by atoms with van der Waals surface area (Å²) in [5, 5.41) is 9.89. The van der Waals surface area contributed by atoms with Gasteiger partial charge in [-0.1, -0.05) is 12.1 Å². The van der Waals surface area contributed by atoms with Gasteiger partial charge in [0, 0.05) is 5.39 Å². The molecule has 0 fully saturated rings. The summed E-state index contributed by atoms with van der Waals surface area (Å²) in [4.78, 5) is 16.0. The number of anilines is 1. The lowest BCUT2D eigenvalue weighted by molar-refractivity contribution is 0.0998. The zero-order chi connectivity index (χ0) is 13.4. The van der Waals surface area contributed by atoms with Crippen LogP contribution in [-0.4, -0.2) is 21.1 Å². The van der Waals surface area contributed by atoms with Crippen LogP contribution in [0.3, 0.4) is 0 Å². The van der Waals surface area contributed by atoms with Crippen molar-refractivity contribution in [1.29, 1.82) is 0 Å². The predicted octanol–water partition coefficient (Wildman–Crippen LogP) is 2.87. The zero-order valence-corrected chi connectivity index (χ0v) is 11.5. The van der Waals surface area contributed by atoms with Crippen molar-refractivity contribution in [2.24, 2.45) is 0 Å². The van der Waals surface area contributed by atoms with E-state index in [0.717, 1.165) is 9.86 Å². The number of nitrogens with zero attached hydrogens (tertiary/aromatic N) is 2. The third-order valence-electron chi connectivity index (χ3n) is 2.54. The molecule has 0 aliphatic carbocycles. The number of aryl methyl sites for hydroxylation is 1. The first-order chi connectivity index (χ1) is 9.13. The summed E-state index contributed by atoms with van der Waals surface area (Å²) < 4.78 is 6.32. The first-order valence-corrected chi connectivity index (χ1v) is 6.31. The minimum atomic E-state index is -0.387. The molecule has 7 heteroatoms. The largest absolute Gasteiger partial charge is 0.450 e. The summed E-state index contributed by atoms with van der Waals surface area (Å²) in [6.07, 6.45) is 0. The summed E-state index contributed by atoms with van der Waals surface area (Å²) in [6, 6.07) is 7.28. The van der Waals surface area contributed by atoms with Gasteiger partial charge in [0.15, 0.2) is 5.76 Å². The van der Waals surface area contributed by atoms with E-state index in [0.29, 0.717) is 11.4 Å². The average molecular weight is 321 g/mol. The molecule has 0 aliphatic heterocycles. The van der Waals surface area contributed by atoms with Crippen LogP contribution in [0.15, 0.2) is 33.2 Å². The minimum absolute atomic E-state index is 0.212. The minimum Gasteiger partial charge on any atom is -0.450 e. The van der Waals surface area contributed by atoms with Crippen molar-refractivity contribution in [1.82, 2.24) is 15.2 Å². The van der Waals surface area contributed by atoms with Crippen molar-refractivity contribution in [3.63, 3.8) is 0 Å². The summed E-state index contributed by atoms with van der Waals surface area (Å²) in [7, 11) is 0. The molecule has 1 aromatic carbocycles. The summed E-state index contributed by atoms with van der Waals surface area (Å²) >= 11 is 3.37. The Labute approximate surface area is 116 Å². The van der Waals surface area contributed by atoms with Crippen LogP contribution in [0, 0.1) is 6.92 Å². The molecule has 0 saturated carbocycles. The standard InChI is InChI=1S/C12H9BrN4O2/c1-6-14-12(17-16-6)15-11(18)9-5-7-3-2-4-8(13)10(7)19-9/h2-5H,1H3,(H2,14,15,16,17,18). The number of H-pyrrole nitrogens is 1. The van der Waals surface area contributed by atoms with Gasteiger partial charge in [0.05, 0.1) is 4.47 Å². The van der Waals surface area contributed by atoms with E-state index in [1.54, 1.807) is 13.0 Å². The Hall–Kier alpha value is -2.15. The van der Waals surface area contributed by atoms with Gasteiger partial charge in [-0.15, -0.1) is 5.10 Å². The fourth-order valence-electron chi connectivity index (χ4n) is 1.70. The lowest BCUT2D eigenvalue weighted by Gasteiger charge is -1.95. The monoisotopic (exact) mass is 320 g/mol. The SMILES string of the molecule is Cc1nc(NC(=O)c2cc3cccc(Br)c3o2)n[nH]1. The molecule has 3 aromatic rings. The predicted molar refractivity (Wildman–Crippen MR) is 73.0 cm³/mol. The highest BCUT2D eigenvalue weighted by atomic mass is 79.9. The number of rotatable bonds is 2. The van der Waals surface area contributed by atoms with Gasteiger partial charge in [-0.3, -0.25) is 15.2 Å². The van der Waals surface area contributed by atoms with Crippen molar-refractivity contribution in [2.75, 3.05) is 5.32 Å². The van der Waals surface area contributed by atoms with Gasteiger partial charge in [0.2, 0.25) is 5.95 Å². The molecule has 0 unspecified atom stereocenters. The number of carbonyl (C=O) groups excluding carboxylic acids is 1. The van der Waals surface area contributed by atoms with Crippen LogP contribution in [-0.2, 0) is 0 Å². The number of para-hydroxylation sites is 1. The molecule has 6 nitrogen and oxygen atoms in total. The Kier molecular flexibility index (Phi) is 2.83. The quantitative estimate of drug-likeness (QED) is 0.760. The van der Waals surface area contributed by atoms with Crippen LogP contribution >= 0.6 is 15.9 Å². The highest BCUT2D eigenvalue weighted by molar-refractivity contribution is 9.10. The Bertz CT molecular complexity index is 762. The van der Waals surface area contributed by atoms with Gasteiger partial charge in [0.1, 0.15) is 11.4 Å². The molecule has 0 radical (unpaired) electrons. The normalized spacial score (nSPS) is 10.8. The van der Waals surface area contributed by atoms with Gasteiger partial charge in [-0.25, -0.2) is 0 Å². The fourth-order valence-corrected chi connectivity index (χ4v) is 2.16. The average Bonchev–Trinajstić information content (AvgIpc) is 2.96. The molecule has 0 saturated heterocycles. The van der Waals surface area contributed by atoms with Crippen LogP contribution < -0.4 is 5.32 Å². The first-order valence-electron chi connectivity index (χ1n) is 5.52. The van der Waals surface area contributed by atoms with Gasteiger partial charge in [0.25, 0.3) is 5.91 Å². The summed E-state index contributed by atoms with van der Waals surface area (Å²) in [5.41, 5.74) is 0.638. The van der Waals surface area contributed by atoms with Crippen LogP contribution in [0.1, 0.15) is 16.4 Å². The van der Waals surface area contributed by atoms with Crippen molar-refractivity contribution in [3.05, 3.63) is 40.3 Å². The first kappa shape index (κ1) is 11.9. The molecule has 19 heavy (non-hydrogen) atoms. The van der Waals surface area contributed by atoms with Crippen molar-refractivity contribution in [2.45, 2.75) is 6.92 Å². The number of halogens is 1. The van der Waals surface area contributed by atoms with E-state index in [4.69, 9.17) is 4.42 Å². The Balaban J connectivity index is 1.91. The number of nitrogens with one attached hydrogen (secondary N) is 2. The maximum Gasteiger partial charge on any atom is 0.293 e. The Morgan fingerprint density at radius 3 is 3.00 bits per heavy atom. The van der Waals surface area contributed by atoms with E-state index in [2.05, 4.69) is 36.4 Å². The molecule has 96 valence electrons. The molecule has 0 spiro atoms. The number of amides is 1. The second-order valence-electron chi connectivity index (χ2n) is 3.97. The number of hydrogen-bond donors (Lipinski definition) is 2. The number of fused-ring (bicyclic) bond motifs is 1. The van der Waals surface area contributed by atoms with Crippen LogP contribution in [0.25, 0.3) is 11.0 Å². The molecule has 1 amide bonds. The summed E-state index contributed by atoms with van der Waals surface area (Å²) in [5.74, 6) is 0.677. The van der Waals surface area contributed by atoms with Crippen molar-refractivity contribution >= 4 is 38.8 Å². The van der Waals surface area contributed by atoms with Gasteiger partial charge in [-0.2, -0.15) is 4.98 Å². The number of carbonyl (C=O) groups is 1. The van der Waals surface area contributed by atoms with Crippen molar-refractivity contribution < 1.29 is 9.21 Å². The Morgan fingerprint density at radius 1 is 1.47 bits per heavy atom. The van der Waals surface area contributed by atoms with Crippen molar-refractivity contribution in [3.8, 4) is 0 Å². The topological polar surface area (TPSA) is 83.8 Å². The lowest BCUT2D eigenvalue weighted by atomic mass is 10.2. The maximum absolute atomic E-state index is 12.0. The fraction of sp³-hybridized carbons (Fsp3) is 0.0833. The van der Waals surface area contributed by atoms with Gasteiger partial charge >= 0.3 is 0 Å². The van der Waals surface area contributed by atoms with E-state index >= 15 is 0 Å². The number of aromatic nitrogens is 3. The molecule has 2 N–H and O–H groups in total. The van der Waals surface area contributed by atoms with Gasteiger partial charge in [-0.05, 0) is 35.0 Å². The number of aromatic amines is 1. The third kappa shape index (κ3) is 2.24. The lowest BCUT2D eigenvalue weighted by Crippen LogP contribution is -2.11. The molecular formula is C12H9BrN4O2. The second kappa shape index (κ2) is 4.51. The maximum atomic E-state index is 12.0. The van der Waals surface area contributed by atoms with Crippen LogP contribution in [0.5, 0.6) is 0 Å². The second-order valence-corrected chi connectivity index (χ2v) is 4.82. The highest BCUT2D eigenvalue weighted by Gasteiger charge is 2.15. The van der Waals surface area contributed by atoms with E-state index in [1.165, 1.54) is 0 Å². The Morgan fingerprint density at radius 2 is 2.32 bits per heavy atom. The summed E-state index contributed by atoms with van der Waals surface area (Å²) in [6.45, 7) is 1.75. The van der Waals surface area contributed by atoms with Gasteiger partial charge < -0.3 is 4.42 Å². The molecule has 2 heterocycles. The van der Waals surface area contributed by atoms with E-state index in [-0.39, 0.29) is 17.6 Å². The molecule has 3 rings (SSSR count). The third-order valence-corrected chi connectivity index (χ3v) is 3.17.